The maximum atomic E-state index is 13.0. The maximum Gasteiger partial charge on any atom is 0.391 e. The average molecular weight is 302 g/mol. The molecule has 1 aliphatic carbocycles. The molecule has 1 aromatic rings. The third-order valence-corrected chi connectivity index (χ3v) is 4.20. The topological polar surface area (TPSA) is 47.3 Å². The van der Waals surface area contributed by atoms with Crippen molar-refractivity contribution in [3.8, 4) is 5.75 Å². The Kier molecular flexibility index (Phi) is 4.66. The number of benzene rings is 1. The molecular formula is C15H21F3N2O. The monoisotopic (exact) mass is 302 g/mol. The van der Waals surface area contributed by atoms with Crippen LogP contribution in [0, 0.1) is 5.92 Å². The maximum absolute atomic E-state index is 13.0. The van der Waals surface area contributed by atoms with Crippen molar-refractivity contribution in [3.63, 3.8) is 0 Å². The first-order valence-electron chi connectivity index (χ1n) is 7.07. The Hall–Kier alpha value is -1.43. The molecule has 0 amide bonds. The van der Waals surface area contributed by atoms with E-state index in [0.717, 1.165) is 5.69 Å². The molecule has 1 aromatic carbocycles. The quantitative estimate of drug-likeness (QED) is 0.894. The van der Waals surface area contributed by atoms with Crippen molar-refractivity contribution in [2.75, 3.05) is 19.0 Å². The fourth-order valence-corrected chi connectivity index (χ4v) is 2.97. The van der Waals surface area contributed by atoms with Gasteiger partial charge in [-0.2, -0.15) is 13.2 Å². The Balaban J connectivity index is 2.13. The van der Waals surface area contributed by atoms with E-state index in [4.69, 9.17) is 10.5 Å². The van der Waals surface area contributed by atoms with Gasteiger partial charge >= 0.3 is 6.18 Å². The number of methoxy groups -OCH3 is 1. The summed E-state index contributed by atoms with van der Waals surface area (Å²) in [5.41, 5.74) is 5.87. The summed E-state index contributed by atoms with van der Waals surface area (Å²) in [6.07, 6.45) is -2.75. The zero-order chi connectivity index (χ0) is 15.5. The largest absolute Gasteiger partial charge is 0.497 e. The molecule has 0 bridgehead atoms. The lowest BCUT2D eigenvalue weighted by Crippen LogP contribution is -2.51. The highest BCUT2D eigenvalue weighted by Crippen LogP contribution is 2.42. The van der Waals surface area contributed by atoms with Gasteiger partial charge in [-0.15, -0.1) is 0 Å². The van der Waals surface area contributed by atoms with Crippen molar-refractivity contribution in [1.82, 2.24) is 0 Å². The summed E-state index contributed by atoms with van der Waals surface area (Å²) in [6.45, 7) is 0.186. The fraction of sp³-hybridized carbons (Fsp3) is 0.600. The second-order valence-electron chi connectivity index (χ2n) is 5.67. The van der Waals surface area contributed by atoms with Gasteiger partial charge < -0.3 is 15.8 Å². The van der Waals surface area contributed by atoms with E-state index >= 15 is 0 Å². The third kappa shape index (κ3) is 3.81. The fourth-order valence-electron chi connectivity index (χ4n) is 2.97. The lowest BCUT2D eigenvalue weighted by molar-refractivity contribution is -0.185. The number of nitrogens with one attached hydrogen (secondary N) is 1. The van der Waals surface area contributed by atoms with Crippen LogP contribution in [0.3, 0.4) is 0 Å². The lowest BCUT2D eigenvalue weighted by atomic mass is 9.75. The molecule has 1 saturated carbocycles. The van der Waals surface area contributed by atoms with Crippen LogP contribution in [-0.4, -0.2) is 25.4 Å². The van der Waals surface area contributed by atoms with Crippen molar-refractivity contribution in [2.45, 2.75) is 37.4 Å². The molecule has 2 rings (SSSR count). The van der Waals surface area contributed by atoms with E-state index in [1.54, 1.807) is 31.4 Å². The molecule has 0 radical (unpaired) electrons. The van der Waals surface area contributed by atoms with Crippen molar-refractivity contribution in [2.24, 2.45) is 11.7 Å². The number of anilines is 1. The summed E-state index contributed by atoms with van der Waals surface area (Å²) in [5, 5.41) is 3.22. The Bertz CT molecular complexity index is 461. The predicted molar refractivity (Wildman–Crippen MR) is 76.4 cm³/mol. The first-order valence-corrected chi connectivity index (χ1v) is 7.07. The van der Waals surface area contributed by atoms with Crippen LogP contribution in [0.1, 0.15) is 25.7 Å². The Morgan fingerprint density at radius 3 is 2.52 bits per heavy atom. The van der Waals surface area contributed by atoms with Gasteiger partial charge in [0.1, 0.15) is 5.75 Å². The minimum Gasteiger partial charge on any atom is -0.497 e. The molecule has 0 aromatic heterocycles. The van der Waals surface area contributed by atoms with Crippen LogP contribution in [0.15, 0.2) is 24.3 Å². The van der Waals surface area contributed by atoms with E-state index in [0.29, 0.717) is 18.6 Å². The minimum atomic E-state index is -4.15. The molecule has 0 spiro atoms. The zero-order valence-corrected chi connectivity index (χ0v) is 12.0. The average Bonchev–Trinajstić information content (AvgIpc) is 2.47. The second-order valence-corrected chi connectivity index (χ2v) is 5.67. The van der Waals surface area contributed by atoms with E-state index in [9.17, 15) is 13.2 Å². The first-order chi connectivity index (χ1) is 9.88. The molecular weight excluding hydrogens is 281 g/mol. The van der Waals surface area contributed by atoms with Crippen molar-refractivity contribution < 1.29 is 17.9 Å². The van der Waals surface area contributed by atoms with Crippen LogP contribution in [0.5, 0.6) is 5.75 Å². The highest BCUT2D eigenvalue weighted by atomic mass is 19.4. The number of halogens is 3. The van der Waals surface area contributed by atoms with Gasteiger partial charge in [-0.1, -0.05) is 6.42 Å². The van der Waals surface area contributed by atoms with Gasteiger partial charge in [0.25, 0.3) is 0 Å². The van der Waals surface area contributed by atoms with Crippen LogP contribution < -0.4 is 15.8 Å². The zero-order valence-electron chi connectivity index (χ0n) is 12.0. The molecule has 2 atom stereocenters. The predicted octanol–water partition coefficient (Wildman–Crippen LogP) is 3.56. The number of nitrogens with two attached hydrogens (primary N) is 1. The summed E-state index contributed by atoms with van der Waals surface area (Å²) in [4.78, 5) is 0. The Labute approximate surface area is 122 Å². The Morgan fingerprint density at radius 1 is 1.33 bits per heavy atom. The van der Waals surface area contributed by atoms with Crippen LogP contribution in [-0.2, 0) is 0 Å². The van der Waals surface area contributed by atoms with E-state index < -0.39 is 17.6 Å². The number of rotatable bonds is 4. The first kappa shape index (κ1) is 15.9. The van der Waals surface area contributed by atoms with Gasteiger partial charge in [-0.3, -0.25) is 0 Å². The highest BCUT2D eigenvalue weighted by molar-refractivity contribution is 5.48. The van der Waals surface area contributed by atoms with Gasteiger partial charge in [-0.25, -0.2) is 0 Å². The highest BCUT2D eigenvalue weighted by Gasteiger charge is 2.47. The molecule has 3 nitrogen and oxygen atoms in total. The molecule has 1 fully saturated rings. The molecule has 0 saturated heterocycles. The second kappa shape index (κ2) is 6.13. The van der Waals surface area contributed by atoms with E-state index in [-0.39, 0.29) is 19.4 Å². The minimum absolute atomic E-state index is 0.0268. The molecule has 1 aliphatic rings. The summed E-state index contributed by atoms with van der Waals surface area (Å²) in [5.74, 6) is -0.570. The van der Waals surface area contributed by atoms with E-state index in [2.05, 4.69) is 5.32 Å². The van der Waals surface area contributed by atoms with Crippen molar-refractivity contribution in [3.05, 3.63) is 24.3 Å². The van der Waals surface area contributed by atoms with Gasteiger partial charge in [-0.05, 0) is 43.5 Å². The number of alkyl halides is 3. The summed E-state index contributed by atoms with van der Waals surface area (Å²) in [7, 11) is 1.57. The normalized spacial score (nSPS) is 26.4. The van der Waals surface area contributed by atoms with Gasteiger partial charge in [0.2, 0.25) is 0 Å². The Morgan fingerprint density at radius 2 is 2.00 bits per heavy atom. The van der Waals surface area contributed by atoms with Crippen molar-refractivity contribution >= 4 is 5.69 Å². The van der Waals surface area contributed by atoms with Gasteiger partial charge in [0.05, 0.1) is 18.6 Å². The summed E-state index contributed by atoms with van der Waals surface area (Å²) >= 11 is 0. The van der Waals surface area contributed by atoms with Crippen LogP contribution in [0.25, 0.3) is 0 Å². The van der Waals surface area contributed by atoms with Crippen LogP contribution in [0.4, 0.5) is 18.9 Å². The molecule has 118 valence electrons. The number of hydrogen-bond acceptors (Lipinski definition) is 3. The molecule has 2 unspecified atom stereocenters. The van der Waals surface area contributed by atoms with Crippen LogP contribution >= 0.6 is 0 Å². The SMILES string of the molecule is COc1ccc(NC2(CN)CCCC(C(F)(F)F)C2)cc1. The van der Waals surface area contributed by atoms with Gasteiger partial charge in [0.15, 0.2) is 0 Å². The standard InChI is InChI=1S/C15H21F3N2O/c1-21-13-6-4-12(5-7-13)20-14(10-19)8-2-3-11(9-14)15(16,17)18/h4-7,11,20H,2-3,8-10,19H2,1H3. The number of hydrogen-bond donors (Lipinski definition) is 2. The summed E-state index contributed by atoms with van der Waals surface area (Å²) in [6, 6.07) is 7.15. The molecule has 6 heteroatoms. The third-order valence-electron chi connectivity index (χ3n) is 4.20. The smallest absolute Gasteiger partial charge is 0.391 e. The van der Waals surface area contributed by atoms with Crippen molar-refractivity contribution in [1.29, 1.82) is 0 Å². The van der Waals surface area contributed by atoms with E-state index in [1.165, 1.54) is 0 Å². The number of ether oxygens (including phenoxy) is 1. The van der Waals surface area contributed by atoms with E-state index in [1.807, 2.05) is 0 Å². The van der Waals surface area contributed by atoms with Crippen LogP contribution in [0.2, 0.25) is 0 Å². The van der Waals surface area contributed by atoms with Gasteiger partial charge in [0, 0.05) is 12.2 Å². The molecule has 21 heavy (non-hydrogen) atoms. The molecule has 0 heterocycles. The molecule has 3 N–H and O–H groups in total. The summed E-state index contributed by atoms with van der Waals surface area (Å²) < 4.78 is 44.0. The lowest BCUT2D eigenvalue weighted by Gasteiger charge is -2.42. The molecule has 0 aliphatic heterocycles.